The van der Waals surface area contributed by atoms with Crippen LogP contribution >= 0.6 is 10.8 Å². The van der Waals surface area contributed by atoms with Gasteiger partial charge in [-0.1, -0.05) is 6.42 Å². The minimum absolute atomic E-state index is 0.739. The van der Waals surface area contributed by atoms with E-state index in [1.54, 1.807) is 0 Å². The van der Waals surface area contributed by atoms with Gasteiger partial charge in [-0.3, -0.25) is 0 Å². The molecule has 3 nitrogen and oxygen atoms in total. The van der Waals surface area contributed by atoms with Crippen molar-refractivity contribution in [2.75, 3.05) is 39.7 Å². The Labute approximate surface area is 98.1 Å². The number of hydrogen-bond acceptors (Lipinski definition) is 3. The minimum atomic E-state index is -2.83. The Hall–Kier alpha value is 0.260. The number of hydrogen-bond donors (Lipinski definition) is 0. The molecular weight excluding hydrogens is 230 g/mol. The number of quaternary nitrogens is 1. The van der Waals surface area contributed by atoms with Gasteiger partial charge in [-0.15, -0.1) is 0 Å². The molecular formula is C10H24NO2S2+. The van der Waals surface area contributed by atoms with Crippen LogP contribution in [0.15, 0.2) is 0 Å². The maximum absolute atomic E-state index is 10.8. The Bertz CT molecular complexity index is 255. The molecule has 0 heterocycles. The van der Waals surface area contributed by atoms with Crippen LogP contribution in [0.4, 0.5) is 0 Å². The molecule has 0 aliphatic carbocycles. The zero-order valence-corrected chi connectivity index (χ0v) is 12.0. The van der Waals surface area contributed by atoms with Crippen LogP contribution in [0, 0.1) is 0 Å². The molecule has 0 aliphatic rings. The molecule has 0 bridgehead atoms. The highest BCUT2D eigenvalue weighted by molar-refractivity contribution is 8.71. The van der Waals surface area contributed by atoms with Gasteiger partial charge in [0.2, 0.25) is 0 Å². The van der Waals surface area contributed by atoms with Crippen molar-refractivity contribution in [2.24, 2.45) is 0 Å². The van der Waals surface area contributed by atoms with Gasteiger partial charge in [-0.25, -0.2) is 8.42 Å². The van der Waals surface area contributed by atoms with Gasteiger partial charge < -0.3 is 4.48 Å². The first-order chi connectivity index (χ1) is 6.71. The van der Waals surface area contributed by atoms with Crippen molar-refractivity contribution in [2.45, 2.75) is 25.7 Å². The second-order valence-corrected chi connectivity index (χ2v) is 9.53. The number of rotatable bonds is 8. The number of nitrogens with zero attached hydrogens (tertiary/aromatic N) is 1. The van der Waals surface area contributed by atoms with Crippen molar-refractivity contribution in [1.29, 1.82) is 0 Å². The van der Waals surface area contributed by atoms with E-state index in [1.807, 2.05) is 0 Å². The molecule has 0 fully saturated rings. The third kappa shape index (κ3) is 14.3. The van der Waals surface area contributed by atoms with Crippen LogP contribution < -0.4 is 0 Å². The van der Waals surface area contributed by atoms with Gasteiger partial charge in [0.25, 0.3) is 0 Å². The fraction of sp³-hybridized carbons (Fsp3) is 1.00. The van der Waals surface area contributed by atoms with Crippen molar-refractivity contribution in [3.8, 4) is 0 Å². The monoisotopic (exact) mass is 254 g/mol. The minimum Gasteiger partial charge on any atom is -0.331 e. The van der Waals surface area contributed by atoms with E-state index < -0.39 is 8.87 Å². The van der Waals surface area contributed by atoms with Crippen molar-refractivity contribution in [3.05, 3.63) is 0 Å². The fourth-order valence-electron chi connectivity index (χ4n) is 1.25. The largest absolute Gasteiger partial charge is 0.331 e. The van der Waals surface area contributed by atoms with Gasteiger partial charge in [0.15, 0.2) is 8.87 Å². The Kier molecular flexibility index (Phi) is 6.88. The predicted molar refractivity (Wildman–Crippen MR) is 68.7 cm³/mol. The first-order valence-electron chi connectivity index (χ1n) is 5.35. The normalized spacial score (nSPS) is 13.1. The average Bonchev–Trinajstić information content (AvgIpc) is 1.98. The second kappa shape index (κ2) is 6.76. The van der Waals surface area contributed by atoms with Crippen molar-refractivity contribution in [3.63, 3.8) is 0 Å². The summed E-state index contributed by atoms with van der Waals surface area (Å²) in [4.78, 5) is 0. The number of unbranched alkanes of at least 4 members (excludes halogenated alkanes) is 3. The summed E-state index contributed by atoms with van der Waals surface area (Å²) in [5, 5.41) is 0. The summed E-state index contributed by atoms with van der Waals surface area (Å²) < 4.78 is 22.6. The molecule has 0 saturated carbocycles. The lowest BCUT2D eigenvalue weighted by Crippen LogP contribution is -2.35. The topological polar surface area (TPSA) is 34.1 Å². The molecule has 0 aliphatic heterocycles. The molecule has 0 N–H and O–H groups in total. The van der Waals surface area contributed by atoms with Crippen LogP contribution in [0.25, 0.3) is 0 Å². The van der Waals surface area contributed by atoms with E-state index >= 15 is 0 Å². The van der Waals surface area contributed by atoms with Crippen LogP contribution in [-0.2, 0) is 8.87 Å². The molecule has 5 heteroatoms. The Morgan fingerprint density at radius 1 is 1.00 bits per heavy atom. The van der Waals surface area contributed by atoms with Crippen LogP contribution in [0.3, 0.4) is 0 Å². The molecule has 0 atom stereocenters. The van der Waals surface area contributed by atoms with Gasteiger partial charge in [-0.05, 0) is 30.1 Å². The van der Waals surface area contributed by atoms with Gasteiger partial charge in [0, 0.05) is 12.0 Å². The van der Waals surface area contributed by atoms with E-state index in [9.17, 15) is 8.42 Å². The van der Waals surface area contributed by atoms with Crippen molar-refractivity contribution < 1.29 is 12.9 Å². The first kappa shape index (κ1) is 15.3. The van der Waals surface area contributed by atoms with E-state index in [4.69, 9.17) is 0 Å². The molecule has 0 aromatic heterocycles. The maximum atomic E-state index is 10.8. The molecule has 0 saturated heterocycles. The molecule has 0 amide bonds. The zero-order valence-electron chi connectivity index (χ0n) is 10.3. The third-order valence-electron chi connectivity index (χ3n) is 2.02. The molecule has 0 spiro atoms. The van der Waals surface area contributed by atoms with Crippen molar-refractivity contribution >= 4 is 19.7 Å². The lowest BCUT2D eigenvalue weighted by molar-refractivity contribution is -0.870. The Morgan fingerprint density at radius 3 is 2.00 bits per heavy atom. The zero-order chi connectivity index (χ0) is 11.9. The Morgan fingerprint density at radius 2 is 1.53 bits per heavy atom. The van der Waals surface area contributed by atoms with Crippen LogP contribution in [0.2, 0.25) is 0 Å². The summed E-state index contributed by atoms with van der Waals surface area (Å²) in [5.41, 5.74) is 0. The van der Waals surface area contributed by atoms with E-state index in [2.05, 4.69) is 21.1 Å². The SMILES string of the molecule is C[N+](C)(C)CCCCCCSS(C)(=O)=O. The third-order valence-corrected chi connectivity index (χ3v) is 4.69. The highest BCUT2D eigenvalue weighted by atomic mass is 33.1. The summed E-state index contributed by atoms with van der Waals surface area (Å²) in [7, 11) is 4.82. The first-order valence-corrected chi connectivity index (χ1v) is 8.75. The molecule has 92 valence electrons. The predicted octanol–water partition coefficient (Wildman–Crippen LogP) is 1.95. The van der Waals surface area contributed by atoms with E-state index in [0.717, 1.165) is 33.9 Å². The quantitative estimate of drug-likeness (QED) is 0.377. The van der Waals surface area contributed by atoms with Gasteiger partial charge in [0.05, 0.1) is 27.7 Å². The maximum Gasteiger partial charge on any atom is 0.198 e. The van der Waals surface area contributed by atoms with Gasteiger partial charge in [0.1, 0.15) is 0 Å². The summed E-state index contributed by atoms with van der Waals surface area (Å²) in [6.45, 7) is 1.19. The van der Waals surface area contributed by atoms with Gasteiger partial charge in [-0.2, -0.15) is 0 Å². The standard InChI is InChI=1S/C10H24NO2S2/c1-11(2,3)9-7-5-6-8-10-14-15(4,12)13/h5-10H2,1-4H3/q+1. The molecule has 0 aromatic rings. The van der Waals surface area contributed by atoms with Gasteiger partial charge >= 0.3 is 0 Å². The second-order valence-electron chi connectivity index (χ2n) is 4.95. The van der Waals surface area contributed by atoms with Crippen LogP contribution in [-0.4, -0.2) is 52.6 Å². The van der Waals surface area contributed by atoms with Crippen LogP contribution in [0.5, 0.6) is 0 Å². The highest BCUT2D eigenvalue weighted by Crippen LogP contribution is 2.13. The summed E-state index contributed by atoms with van der Waals surface area (Å²) in [6, 6.07) is 0. The molecule has 0 rings (SSSR count). The highest BCUT2D eigenvalue weighted by Gasteiger charge is 2.05. The molecule has 0 radical (unpaired) electrons. The summed E-state index contributed by atoms with van der Waals surface area (Å²) in [5.74, 6) is 0.739. The molecule has 0 unspecified atom stereocenters. The van der Waals surface area contributed by atoms with E-state index in [1.165, 1.54) is 25.6 Å². The van der Waals surface area contributed by atoms with Crippen molar-refractivity contribution in [1.82, 2.24) is 0 Å². The van der Waals surface area contributed by atoms with E-state index in [0.29, 0.717) is 0 Å². The average molecular weight is 254 g/mol. The Balaban J connectivity index is 3.27. The molecule has 0 aromatic carbocycles. The molecule has 15 heavy (non-hydrogen) atoms. The lowest BCUT2D eigenvalue weighted by Gasteiger charge is -2.23. The lowest BCUT2D eigenvalue weighted by atomic mass is 10.2. The summed E-state index contributed by atoms with van der Waals surface area (Å²) >= 11 is 0. The van der Waals surface area contributed by atoms with Crippen LogP contribution in [0.1, 0.15) is 25.7 Å². The fourth-order valence-corrected chi connectivity index (χ4v) is 3.14. The van der Waals surface area contributed by atoms with E-state index in [-0.39, 0.29) is 0 Å². The smallest absolute Gasteiger partial charge is 0.198 e. The summed E-state index contributed by atoms with van der Waals surface area (Å²) in [6.07, 6.45) is 5.86.